The number of cyclic esters (lactones) is 1. The lowest BCUT2D eigenvalue weighted by Gasteiger charge is -2.38. The van der Waals surface area contributed by atoms with E-state index in [9.17, 15) is 4.79 Å². The average Bonchev–Trinajstić information content (AvgIpc) is 2.58. The normalized spacial score (nSPS) is 40.4. The van der Waals surface area contributed by atoms with Gasteiger partial charge in [0.05, 0.1) is 6.61 Å². The molecule has 3 fully saturated rings. The number of amides is 1. The van der Waals surface area contributed by atoms with Crippen molar-refractivity contribution in [1.29, 1.82) is 0 Å². The molecule has 2 bridgehead atoms. The van der Waals surface area contributed by atoms with Crippen LogP contribution >= 0.6 is 0 Å². The Morgan fingerprint density at radius 1 is 1.27 bits per heavy atom. The van der Waals surface area contributed by atoms with Gasteiger partial charge in [-0.15, -0.1) is 0 Å². The summed E-state index contributed by atoms with van der Waals surface area (Å²) in [6.07, 6.45) is 5.70. The van der Waals surface area contributed by atoms with Crippen LogP contribution in [-0.4, -0.2) is 42.3 Å². The number of carbonyl (C=O) groups excluding carboxylic acids is 1. The van der Waals surface area contributed by atoms with E-state index >= 15 is 0 Å². The van der Waals surface area contributed by atoms with Crippen molar-refractivity contribution in [2.75, 3.05) is 13.2 Å². The minimum atomic E-state index is -0.0902. The van der Waals surface area contributed by atoms with E-state index in [1.807, 2.05) is 4.90 Å². The molecule has 2 atom stereocenters. The van der Waals surface area contributed by atoms with Crippen LogP contribution in [0.3, 0.4) is 0 Å². The maximum Gasteiger partial charge on any atom is 0.410 e. The zero-order valence-electron chi connectivity index (χ0n) is 8.95. The van der Waals surface area contributed by atoms with Crippen LogP contribution in [0.15, 0.2) is 0 Å². The van der Waals surface area contributed by atoms with Crippen LogP contribution in [0.4, 0.5) is 4.79 Å². The van der Waals surface area contributed by atoms with Crippen molar-refractivity contribution in [3.63, 3.8) is 0 Å². The molecular weight excluding hydrogens is 192 g/mol. The van der Waals surface area contributed by atoms with Crippen molar-refractivity contribution in [3.8, 4) is 0 Å². The Kier molecular flexibility index (Phi) is 2.31. The van der Waals surface area contributed by atoms with Gasteiger partial charge in [0, 0.05) is 24.7 Å². The smallest absolute Gasteiger partial charge is 0.410 e. The van der Waals surface area contributed by atoms with Crippen LogP contribution in [0.2, 0.25) is 0 Å². The number of nitrogens with one attached hydrogen (secondary N) is 1. The lowest BCUT2D eigenvalue weighted by Crippen LogP contribution is -2.52. The Bertz CT molecular complexity index is 257. The zero-order chi connectivity index (χ0) is 10.3. The van der Waals surface area contributed by atoms with Gasteiger partial charge in [0.15, 0.2) is 0 Å². The highest BCUT2D eigenvalue weighted by molar-refractivity contribution is 5.68. The molecule has 1 amide bonds. The Morgan fingerprint density at radius 3 is 2.67 bits per heavy atom. The van der Waals surface area contributed by atoms with E-state index < -0.39 is 0 Å². The van der Waals surface area contributed by atoms with Crippen LogP contribution in [0.5, 0.6) is 0 Å². The second-order valence-corrected chi connectivity index (χ2v) is 4.92. The number of carbonyl (C=O) groups is 1. The van der Waals surface area contributed by atoms with Gasteiger partial charge in [0.1, 0.15) is 0 Å². The standard InChI is InChI=1S/C11H18N2O2/c14-11-13(4-1-5-15-11)10-6-8-2-3-9(7-10)12-8/h8-10,12H,1-7H2. The first-order valence-corrected chi connectivity index (χ1v) is 6.02. The van der Waals surface area contributed by atoms with Crippen molar-refractivity contribution in [1.82, 2.24) is 10.2 Å². The molecule has 0 aromatic rings. The first-order chi connectivity index (χ1) is 7.33. The fourth-order valence-electron chi connectivity index (χ4n) is 3.18. The summed E-state index contributed by atoms with van der Waals surface area (Å²) in [6.45, 7) is 1.50. The summed E-state index contributed by atoms with van der Waals surface area (Å²) < 4.78 is 5.10. The molecule has 0 radical (unpaired) electrons. The Balaban J connectivity index is 1.68. The fourth-order valence-corrected chi connectivity index (χ4v) is 3.18. The molecule has 84 valence electrons. The number of piperidine rings is 1. The molecule has 4 heteroatoms. The Hall–Kier alpha value is -0.770. The maximum absolute atomic E-state index is 11.6. The number of rotatable bonds is 1. The van der Waals surface area contributed by atoms with E-state index in [0.29, 0.717) is 24.7 Å². The van der Waals surface area contributed by atoms with E-state index in [2.05, 4.69) is 5.32 Å². The molecule has 15 heavy (non-hydrogen) atoms. The van der Waals surface area contributed by atoms with E-state index in [1.165, 1.54) is 12.8 Å². The minimum absolute atomic E-state index is 0.0902. The molecule has 0 aromatic carbocycles. The van der Waals surface area contributed by atoms with Crippen molar-refractivity contribution in [2.24, 2.45) is 0 Å². The summed E-state index contributed by atoms with van der Waals surface area (Å²) in [7, 11) is 0. The van der Waals surface area contributed by atoms with Gasteiger partial charge < -0.3 is 15.0 Å². The van der Waals surface area contributed by atoms with Gasteiger partial charge >= 0.3 is 6.09 Å². The van der Waals surface area contributed by atoms with Gasteiger partial charge in [-0.3, -0.25) is 0 Å². The predicted molar refractivity (Wildman–Crippen MR) is 55.6 cm³/mol. The van der Waals surface area contributed by atoms with Gasteiger partial charge in [-0.1, -0.05) is 0 Å². The molecule has 1 N–H and O–H groups in total. The SMILES string of the molecule is O=C1OCCCN1C1CC2CCC(C1)N2. The van der Waals surface area contributed by atoms with Crippen LogP contribution in [-0.2, 0) is 4.74 Å². The van der Waals surface area contributed by atoms with Crippen LogP contribution in [0.1, 0.15) is 32.1 Å². The number of ether oxygens (including phenoxy) is 1. The van der Waals surface area contributed by atoms with Gasteiger partial charge in [-0.2, -0.15) is 0 Å². The van der Waals surface area contributed by atoms with Crippen LogP contribution in [0, 0.1) is 0 Å². The lowest BCUT2D eigenvalue weighted by atomic mass is 9.98. The fraction of sp³-hybridized carbons (Fsp3) is 0.909. The highest BCUT2D eigenvalue weighted by Crippen LogP contribution is 2.30. The molecule has 0 aliphatic carbocycles. The highest BCUT2D eigenvalue weighted by Gasteiger charge is 2.38. The quantitative estimate of drug-likeness (QED) is 0.705. The van der Waals surface area contributed by atoms with Crippen molar-refractivity contribution in [2.45, 2.75) is 50.2 Å². The second-order valence-electron chi connectivity index (χ2n) is 4.92. The monoisotopic (exact) mass is 210 g/mol. The number of hydrogen-bond acceptors (Lipinski definition) is 3. The molecule has 3 aliphatic heterocycles. The number of nitrogens with zero attached hydrogens (tertiary/aromatic N) is 1. The van der Waals surface area contributed by atoms with Crippen molar-refractivity contribution >= 4 is 6.09 Å². The summed E-state index contributed by atoms with van der Waals surface area (Å²) in [5.41, 5.74) is 0. The summed E-state index contributed by atoms with van der Waals surface area (Å²) in [4.78, 5) is 13.6. The first kappa shape index (κ1) is 9.46. The molecule has 3 saturated heterocycles. The Labute approximate surface area is 90.0 Å². The summed E-state index contributed by atoms with van der Waals surface area (Å²) >= 11 is 0. The molecule has 4 nitrogen and oxygen atoms in total. The molecule has 2 unspecified atom stereocenters. The minimum Gasteiger partial charge on any atom is -0.449 e. The zero-order valence-corrected chi connectivity index (χ0v) is 8.95. The maximum atomic E-state index is 11.6. The van der Waals surface area contributed by atoms with Crippen LogP contribution < -0.4 is 5.32 Å². The molecule has 0 spiro atoms. The third-order valence-corrected chi connectivity index (χ3v) is 3.89. The summed E-state index contributed by atoms with van der Waals surface area (Å²) in [5, 5.41) is 3.60. The van der Waals surface area contributed by atoms with Gasteiger partial charge in [-0.05, 0) is 32.1 Å². The topological polar surface area (TPSA) is 41.6 Å². The second kappa shape index (κ2) is 3.67. The molecule has 0 saturated carbocycles. The largest absolute Gasteiger partial charge is 0.449 e. The Morgan fingerprint density at radius 2 is 2.00 bits per heavy atom. The van der Waals surface area contributed by atoms with E-state index in [4.69, 9.17) is 4.74 Å². The molecule has 0 aromatic heterocycles. The number of hydrogen-bond donors (Lipinski definition) is 1. The van der Waals surface area contributed by atoms with E-state index in [-0.39, 0.29) is 6.09 Å². The molecule has 3 heterocycles. The van der Waals surface area contributed by atoms with Crippen molar-refractivity contribution in [3.05, 3.63) is 0 Å². The summed E-state index contributed by atoms with van der Waals surface area (Å²) in [6, 6.07) is 1.71. The molecule has 3 rings (SSSR count). The predicted octanol–water partition coefficient (Wildman–Crippen LogP) is 1.11. The van der Waals surface area contributed by atoms with Gasteiger partial charge in [-0.25, -0.2) is 4.79 Å². The lowest BCUT2D eigenvalue weighted by molar-refractivity contribution is 0.0440. The van der Waals surface area contributed by atoms with Crippen molar-refractivity contribution < 1.29 is 9.53 Å². The van der Waals surface area contributed by atoms with E-state index in [1.54, 1.807) is 0 Å². The highest BCUT2D eigenvalue weighted by atomic mass is 16.6. The molecule has 3 aliphatic rings. The average molecular weight is 210 g/mol. The van der Waals surface area contributed by atoms with E-state index in [0.717, 1.165) is 25.8 Å². The number of fused-ring (bicyclic) bond motifs is 2. The van der Waals surface area contributed by atoms with Gasteiger partial charge in [0.2, 0.25) is 0 Å². The van der Waals surface area contributed by atoms with Gasteiger partial charge in [0.25, 0.3) is 0 Å². The molecular formula is C11H18N2O2. The van der Waals surface area contributed by atoms with Crippen LogP contribution in [0.25, 0.3) is 0 Å². The first-order valence-electron chi connectivity index (χ1n) is 6.02. The third kappa shape index (κ3) is 1.71. The third-order valence-electron chi connectivity index (χ3n) is 3.89. The summed E-state index contributed by atoms with van der Waals surface area (Å²) in [5.74, 6) is 0.